The molecule has 0 fully saturated rings. The lowest BCUT2D eigenvalue weighted by Crippen LogP contribution is -2.01. The number of aromatic amines is 1. The molecule has 2 N–H and O–H groups in total. The van der Waals surface area contributed by atoms with Gasteiger partial charge in [0.1, 0.15) is 11.3 Å². The summed E-state index contributed by atoms with van der Waals surface area (Å²) >= 11 is 0. The number of pyridine rings is 2. The molecule has 0 unspecified atom stereocenters. The van der Waals surface area contributed by atoms with Gasteiger partial charge in [-0.3, -0.25) is 4.98 Å². The van der Waals surface area contributed by atoms with Gasteiger partial charge in [0.15, 0.2) is 5.82 Å². The Bertz CT molecular complexity index is 916. The SMILES string of the molecule is c1ccc(CNc2nccc3[nH]c(-c4cccnc4)nc23)cc1. The van der Waals surface area contributed by atoms with Crippen molar-refractivity contribution >= 4 is 16.9 Å². The molecule has 23 heavy (non-hydrogen) atoms. The number of anilines is 1. The fourth-order valence-corrected chi connectivity index (χ4v) is 2.49. The zero-order valence-corrected chi connectivity index (χ0v) is 12.4. The molecule has 0 atom stereocenters. The van der Waals surface area contributed by atoms with Crippen molar-refractivity contribution in [2.24, 2.45) is 0 Å². The fourth-order valence-electron chi connectivity index (χ4n) is 2.49. The summed E-state index contributed by atoms with van der Waals surface area (Å²) in [6, 6.07) is 16.0. The summed E-state index contributed by atoms with van der Waals surface area (Å²) in [5.74, 6) is 1.57. The second-order valence-corrected chi connectivity index (χ2v) is 5.22. The van der Waals surface area contributed by atoms with Gasteiger partial charge in [-0.1, -0.05) is 30.3 Å². The minimum atomic E-state index is 0.710. The average Bonchev–Trinajstić information content (AvgIpc) is 3.06. The molecule has 4 aromatic rings. The fraction of sp³-hybridized carbons (Fsp3) is 0.0556. The van der Waals surface area contributed by atoms with Crippen LogP contribution in [0, 0.1) is 0 Å². The monoisotopic (exact) mass is 301 g/mol. The Hall–Kier alpha value is -3.21. The van der Waals surface area contributed by atoms with Gasteiger partial charge in [0.25, 0.3) is 0 Å². The molecule has 0 bridgehead atoms. The third kappa shape index (κ3) is 2.76. The van der Waals surface area contributed by atoms with Crippen LogP contribution in [0.4, 0.5) is 5.82 Å². The Morgan fingerprint density at radius 1 is 0.957 bits per heavy atom. The Balaban J connectivity index is 1.66. The Labute approximate surface area is 133 Å². The number of fused-ring (bicyclic) bond motifs is 1. The number of hydrogen-bond acceptors (Lipinski definition) is 4. The second-order valence-electron chi connectivity index (χ2n) is 5.22. The van der Waals surface area contributed by atoms with Gasteiger partial charge in [-0.15, -0.1) is 0 Å². The molecule has 0 aliphatic carbocycles. The van der Waals surface area contributed by atoms with E-state index in [4.69, 9.17) is 0 Å². The molecule has 5 nitrogen and oxygen atoms in total. The van der Waals surface area contributed by atoms with Crippen molar-refractivity contribution < 1.29 is 0 Å². The highest BCUT2D eigenvalue weighted by Gasteiger charge is 2.09. The van der Waals surface area contributed by atoms with Crippen LogP contribution in [0.1, 0.15) is 5.56 Å². The van der Waals surface area contributed by atoms with Gasteiger partial charge in [0.05, 0.1) is 5.52 Å². The van der Waals surface area contributed by atoms with E-state index in [1.165, 1.54) is 5.56 Å². The standard InChI is InChI=1S/C18H15N5/c1-2-5-13(6-3-1)11-21-18-16-15(8-10-20-18)22-17(23-16)14-7-4-9-19-12-14/h1-10,12H,11H2,(H,20,21)(H,22,23). The van der Waals surface area contributed by atoms with E-state index in [1.807, 2.05) is 36.4 Å². The van der Waals surface area contributed by atoms with E-state index in [9.17, 15) is 0 Å². The van der Waals surface area contributed by atoms with Gasteiger partial charge in [-0.05, 0) is 23.8 Å². The van der Waals surface area contributed by atoms with Gasteiger partial charge in [-0.25, -0.2) is 9.97 Å². The molecule has 0 saturated carbocycles. The van der Waals surface area contributed by atoms with Gasteiger partial charge in [-0.2, -0.15) is 0 Å². The average molecular weight is 301 g/mol. The number of aromatic nitrogens is 4. The molecule has 1 aromatic carbocycles. The van der Waals surface area contributed by atoms with Crippen LogP contribution in [0.25, 0.3) is 22.4 Å². The van der Waals surface area contributed by atoms with Crippen molar-refractivity contribution in [2.75, 3.05) is 5.32 Å². The summed E-state index contributed by atoms with van der Waals surface area (Å²) in [7, 11) is 0. The van der Waals surface area contributed by atoms with E-state index < -0.39 is 0 Å². The normalized spacial score (nSPS) is 10.8. The van der Waals surface area contributed by atoms with Gasteiger partial charge < -0.3 is 10.3 Å². The highest BCUT2D eigenvalue weighted by Crippen LogP contribution is 2.23. The summed E-state index contributed by atoms with van der Waals surface area (Å²) in [5, 5.41) is 3.36. The predicted octanol–water partition coefficient (Wildman–Crippen LogP) is 3.63. The van der Waals surface area contributed by atoms with Gasteiger partial charge in [0.2, 0.25) is 0 Å². The van der Waals surface area contributed by atoms with E-state index in [1.54, 1.807) is 18.6 Å². The molecular weight excluding hydrogens is 286 g/mol. The molecular formula is C18H15N5. The smallest absolute Gasteiger partial charge is 0.154 e. The van der Waals surface area contributed by atoms with E-state index in [-0.39, 0.29) is 0 Å². The van der Waals surface area contributed by atoms with Gasteiger partial charge in [0, 0.05) is 30.7 Å². The van der Waals surface area contributed by atoms with E-state index in [0.29, 0.717) is 6.54 Å². The summed E-state index contributed by atoms with van der Waals surface area (Å²) < 4.78 is 0. The first kappa shape index (κ1) is 13.5. The van der Waals surface area contributed by atoms with Crippen LogP contribution < -0.4 is 5.32 Å². The largest absolute Gasteiger partial charge is 0.364 e. The van der Waals surface area contributed by atoms with E-state index >= 15 is 0 Å². The Kier molecular flexibility index (Phi) is 3.44. The first-order valence-electron chi connectivity index (χ1n) is 7.43. The lowest BCUT2D eigenvalue weighted by atomic mass is 10.2. The van der Waals surface area contributed by atoms with Crippen LogP contribution in [0.15, 0.2) is 67.1 Å². The first-order chi connectivity index (χ1) is 11.4. The minimum absolute atomic E-state index is 0.710. The quantitative estimate of drug-likeness (QED) is 0.604. The van der Waals surface area contributed by atoms with E-state index in [0.717, 1.165) is 28.2 Å². The topological polar surface area (TPSA) is 66.5 Å². The highest BCUT2D eigenvalue weighted by atomic mass is 15.0. The number of hydrogen-bond donors (Lipinski definition) is 2. The maximum atomic E-state index is 4.67. The lowest BCUT2D eigenvalue weighted by molar-refractivity contribution is 1.12. The van der Waals surface area contributed by atoms with Crippen LogP contribution in [0.3, 0.4) is 0 Å². The first-order valence-corrected chi connectivity index (χ1v) is 7.43. The molecule has 3 heterocycles. The maximum Gasteiger partial charge on any atom is 0.154 e. The Morgan fingerprint density at radius 3 is 2.70 bits per heavy atom. The van der Waals surface area contributed by atoms with Crippen molar-refractivity contribution in [1.29, 1.82) is 0 Å². The van der Waals surface area contributed by atoms with Crippen molar-refractivity contribution in [3.05, 3.63) is 72.7 Å². The zero-order valence-electron chi connectivity index (χ0n) is 12.4. The molecule has 0 amide bonds. The van der Waals surface area contributed by atoms with Crippen molar-refractivity contribution in [1.82, 2.24) is 19.9 Å². The van der Waals surface area contributed by atoms with Gasteiger partial charge >= 0.3 is 0 Å². The van der Waals surface area contributed by atoms with Crippen molar-refractivity contribution in [3.8, 4) is 11.4 Å². The molecule has 0 radical (unpaired) electrons. The van der Waals surface area contributed by atoms with Crippen molar-refractivity contribution in [2.45, 2.75) is 6.54 Å². The highest BCUT2D eigenvalue weighted by molar-refractivity contribution is 5.88. The third-order valence-electron chi connectivity index (χ3n) is 3.64. The summed E-state index contributed by atoms with van der Waals surface area (Å²) in [6.45, 7) is 0.710. The number of nitrogens with one attached hydrogen (secondary N) is 2. The second kappa shape index (κ2) is 5.88. The number of H-pyrrole nitrogens is 1. The summed E-state index contributed by atoms with van der Waals surface area (Å²) in [5.41, 5.74) is 3.95. The Morgan fingerprint density at radius 2 is 1.87 bits per heavy atom. The molecule has 0 aliphatic heterocycles. The van der Waals surface area contributed by atoms with Crippen LogP contribution in [0.2, 0.25) is 0 Å². The third-order valence-corrected chi connectivity index (χ3v) is 3.64. The molecule has 0 saturated heterocycles. The molecule has 0 spiro atoms. The number of nitrogens with zero attached hydrogens (tertiary/aromatic N) is 3. The molecule has 0 aliphatic rings. The molecule has 5 heteroatoms. The summed E-state index contributed by atoms with van der Waals surface area (Å²) in [4.78, 5) is 16.6. The van der Waals surface area contributed by atoms with Crippen LogP contribution in [-0.2, 0) is 6.54 Å². The number of benzene rings is 1. The minimum Gasteiger partial charge on any atom is -0.364 e. The van der Waals surface area contributed by atoms with Crippen LogP contribution in [0.5, 0.6) is 0 Å². The maximum absolute atomic E-state index is 4.67. The molecule has 112 valence electrons. The molecule has 3 aromatic heterocycles. The van der Waals surface area contributed by atoms with E-state index in [2.05, 4.69) is 37.4 Å². The lowest BCUT2D eigenvalue weighted by Gasteiger charge is -2.05. The van der Waals surface area contributed by atoms with Crippen LogP contribution >= 0.6 is 0 Å². The number of rotatable bonds is 4. The number of imidazole rings is 1. The van der Waals surface area contributed by atoms with Crippen LogP contribution in [-0.4, -0.2) is 19.9 Å². The molecule has 4 rings (SSSR count). The predicted molar refractivity (Wildman–Crippen MR) is 90.9 cm³/mol. The zero-order chi connectivity index (χ0) is 15.5. The summed E-state index contributed by atoms with van der Waals surface area (Å²) in [6.07, 6.45) is 5.32. The van der Waals surface area contributed by atoms with Crippen molar-refractivity contribution in [3.63, 3.8) is 0 Å².